The lowest BCUT2D eigenvalue weighted by molar-refractivity contribution is 0.242. The van der Waals surface area contributed by atoms with Gasteiger partial charge in [0.05, 0.1) is 4.47 Å². The highest BCUT2D eigenvalue weighted by Crippen LogP contribution is 2.39. The first-order valence-electron chi connectivity index (χ1n) is 7.14. The Morgan fingerprint density at radius 2 is 2.00 bits per heavy atom. The molecule has 0 unspecified atom stereocenters. The molecule has 0 aromatic carbocycles. The van der Waals surface area contributed by atoms with E-state index in [0.717, 1.165) is 22.3 Å². The van der Waals surface area contributed by atoms with Crippen molar-refractivity contribution in [3.05, 3.63) is 22.3 Å². The van der Waals surface area contributed by atoms with Gasteiger partial charge in [-0.1, -0.05) is 12.8 Å². The van der Waals surface area contributed by atoms with Crippen molar-refractivity contribution >= 4 is 21.7 Å². The number of aryl methyl sites for hydroxylation is 1. The summed E-state index contributed by atoms with van der Waals surface area (Å²) in [5.41, 5.74) is 1.22. The van der Waals surface area contributed by atoms with Crippen LogP contribution in [0.4, 0.5) is 5.82 Å². The topological polar surface area (TPSA) is 16.1 Å². The van der Waals surface area contributed by atoms with Crippen molar-refractivity contribution in [3.8, 4) is 0 Å². The van der Waals surface area contributed by atoms with Crippen LogP contribution in [0.5, 0.6) is 0 Å². The number of halogens is 1. The van der Waals surface area contributed by atoms with Gasteiger partial charge in [0.1, 0.15) is 5.82 Å². The number of nitrogens with zero attached hydrogens (tertiary/aromatic N) is 2. The van der Waals surface area contributed by atoms with Gasteiger partial charge in [-0.2, -0.15) is 0 Å². The monoisotopic (exact) mass is 308 g/mol. The summed E-state index contributed by atoms with van der Waals surface area (Å²) in [7, 11) is 0. The van der Waals surface area contributed by atoms with Crippen molar-refractivity contribution in [2.24, 2.45) is 5.92 Å². The van der Waals surface area contributed by atoms with Crippen LogP contribution in [0.25, 0.3) is 0 Å². The Hall–Kier alpha value is -0.570. The maximum atomic E-state index is 4.67. The molecule has 1 aromatic rings. The van der Waals surface area contributed by atoms with Crippen molar-refractivity contribution < 1.29 is 0 Å². The predicted octanol–water partition coefficient (Wildman–Crippen LogP) is 4.31. The Labute approximate surface area is 118 Å². The van der Waals surface area contributed by atoms with Crippen LogP contribution in [0.15, 0.2) is 16.7 Å². The zero-order valence-corrected chi connectivity index (χ0v) is 12.6. The fraction of sp³-hybridized carbons (Fsp3) is 0.667. The summed E-state index contributed by atoms with van der Waals surface area (Å²) in [5, 5.41) is 0. The van der Waals surface area contributed by atoms with E-state index in [-0.39, 0.29) is 0 Å². The van der Waals surface area contributed by atoms with Gasteiger partial charge in [0, 0.05) is 18.8 Å². The highest BCUT2D eigenvalue weighted by Gasteiger charge is 2.34. The normalized spacial score (nSPS) is 28.0. The third-order valence-corrected chi connectivity index (χ3v) is 5.06. The molecule has 2 atom stereocenters. The van der Waals surface area contributed by atoms with Crippen LogP contribution in [0.2, 0.25) is 0 Å². The number of hydrogen-bond donors (Lipinski definition) is 0. The highest BCUT2D eigenvalue weighted by atomic mass is 79.9. The summed E-state index contributed by atoms with van der Waals surface area (Å²) < 4.78 is 1.16. The number of fused-ring (bicyclic) bond motifs is 1. The summed E-state index contributed by atoms with van der Waals surface area (Å²) >= 11 is 3.70. The van der Waals surface area contributed by atoms with Gasteiger partial charge in [0.2, 0.25) is 0 Å². The molecule has 3 rings (SSSR count). The summed E-state index contributed by atoms with van der Waals surface area (Å²) in [6.07, 6.45) is 10.3. The standard InChI is InChI=1S/C15H21BrN2/c1-11-9-13(16)15(17-10-11)18-8-4-6-12-5-2-3-7-14(12)18/h9-10,12,14H,2-8H2,1H3/t12-,14-/m1/s1. The zero-order valence-electron chi connectivity index (χ0n) is 11.0. The molecule has 2 aliphatic rings. The third-order valence-electron chi connectivity index (χ3n) is 4.47. The number of pyridine rings is 1. The van der Waals surface area contributed by atoms with Gasteiger partial charge < -0.3 is 4.90 Å². The predicted molar refractivity (Wildman–Crippen MR) is 79.0 cm³/mol. The Balaban J connectivity index is 1.89. The van der Waals surface area contributed by atoms with Crippen molar-refractivity contribution in [3.63, 3.8) is 0 Å². The van der Waals surface area contributed by atoms with E-state index < -0.39 is 0 Å². The van der Waals surface area contributed by atoms with Gasteiger partial charge in [-0.05, 0) is 66.1 Å². The first-order valence-corrected chi connectivity index (χ1v) is 7.94. The van der Waals surface area contributed by atoms with Gasteiger partial charge in [-0.25, -0.2) is 4.98 Å². The molecular weight excluding hydrogens is 288 g/mol. The average Bonchev–Trinajstić information content (AvgIpc) is 2.38. The fourth-order valence-corrected chi connectivity index (χ4v) is 4.32. The van der Waals surface area contributed by atoms with E-state index >= 15 is 0 Å². The Bertz CT molecular complexity index is 431. The summed E-state index contributed by atoms with van der Waals surface area (Å²) in [4.78, 5) is 7.24. The molecule has 1 aromatic heterocycles. The molecule has 0 bridgehead atoms. The maximum absolute atomic E-state index is 4.67. The van der Waals surface area contributed by atoms with E-state index in [1.54, 1.807) is 0 Å². The van der Waals surface area contributed by atoms with E-state index in [2.05, 4.69) is 38.8 Å². The molecule has 3 heteroatoms. The molecule has 1 saturated heterocycles. The molecule has 2 heterocycles. The smallest absolute Gasteiger partial charge is 0.143 e. The lowest BCUT2D eigenvalue weighted by Crippen LogP contribution is -2.47. The number of aromatic nitrogens is 1. The van der Waals surface area contributed by atoms with E-state index in [9.17, 15) is 0 Å². The molecule has 1 aliphatic heterocycles. The van der Waals surface area contributed by atoms with Crippen LogP contribution in [0, 0.1) is 12.8 Å². The molecule has 1 aliphatic carbocycles. The highest BCUT2D eigenvalue weighted by molar-refractivity contribution is 9.10. The lowest BCUT2D eigenvalue weighted by Gasteiger charge is -2.45. The average molecular weight is 309 g/mol. The number of piperidine rings is 1. The number of rotatable bonds is 1. The second-order valence-electron chi connectivity index (χ2n) is 5.77. The van der Waals surface area contributed by atoms with E-state index in [0.29, 0.717) is 0 Å². The van der Waals surface area contributed by atoms with Crippen molar-refractivity contribution in [2.75, 3.05) is 11.4 Å². The van der Waals surface area contributed by atoms with Crippen LogP contribution in [-0.4, -0.2) is 17.6 Å². The van der Waals surface area contributed by atoms with Crippen molar-refractivity contribution in [1.82, 2.24) is 4.98 Å². The molecule has 1 saturated carbocycles. The van der Waals surface area contributed by atoms with Gasteiger partial charge in [-0.15, -0.1) is 0 Å². The van der Waals surface area contributed by atoms with Crippen LogP contribution >= 0.6 is 15.9 Å². The second-order valence-corrected chi connectivity index (χ2v) is 6.62. The van der Waals surface area contributed by atoms with Gasteiger partial charge in [0.25, 0.3) is 0 Å². The largest absolute Gasteiger partial charge is 0.352 e. The fourth-order valence-electron chi connectivity index (χ4n) is 3.63. The van der Waals surface area contributed by atoms with Crippen molar-refractivity contribution in [1.29, 1.82) is 0 Å². The van der Waals surface area contributed by atoms with Gasteiger partial charge >= 0.3 is 0 Å². The molecule has 98 valence electrons. The zero-order chi connectivity index (χ0) is 12.5. The van der Waals surface area contributed by atoms with E-state index in [4.69, 9.17) is 0 Å². The molecule has 2 nitrogen and oxygen atoms in total. The molecule has 0 spiro atoms. The summed E-state index contributed by atoms with van der Waals surface area (Å²) in [6, 6.07) is 2.92. The molecule has 0 amide bonds. The maximum Gasteiger partial charge on any atom is 0.143 e. The first kappa shape index (κ1) is 12.5. The molecule has 2 fully saturated rings. The Morgan fingerprint density at radius 1 is 1.22 bits per heavy atom. The molecule has 0 radical (unpaired) electrons. The van der Waals surface area contributed by atoms with Crippen LogP contribution in [0.3, 0.4) is 0 Å². The summed E-state index contributed by atoms with van der Waals surface area (Å²) in [6.45, 7) is 3.27. The molecular formula is C15H21BrN2. The lowest BCUT2D eigenvalue weighted by atomic mass is 9.78. The summed E-state index contributed by atoms with van der Waals surface area (Å²) in [5.74, 6) is 2.07. The number of anilines is 1. The van der Waals surface area contributed by atoms with Crippen LogP contribution < -0.4 is 4.90 Å². The van der Waals surface area contributed by atoms with Crippen LogP contribution in [-0.2, 0) is 0 Å². The van der Waals surface area contributed by atoms with Crippen molar-refractivity contribution in [2.45, 2.75) is 51.5 Å². The SMILES string of the molecule is Cc1cnc(N2CCC[C@H]3CCCC[C@H]32)c(Br)c1. The minimum atomic E-state index is 0.735. The second kappa shape index (κ2) is 5.20. The molecule has 0 N–H and O–H groups in total. The Morgan fingerprint density at radius 3 is 2.83 bits per heavy atom. The molecule has 18 heavy (non-hydrogen) atoms. The van der Waals surface area contributed by atoms with E-state index in [1.807, 2.05) is 6.20 Å². The van der Waals surface area contributed by atoms with Crippen LogP contribution in [0.1, 0.15) is 44.1 Å². The van der Waals surface area contributed by atoms with E-state index in [1.165, 1.54) is 50.6 Å². The Kier molecular flexibility index (Phi) is 3.60. The third kappa shape index (κ3) is 2.29. The van der Waals surface area contributed by atoms with Gasteiger partial charge in [-0.3, -0.25) is 0 Å². The van der Waals surface area contributed by atoms with Gasteiger partial charge in [0.15, 0.2) is 0 Å². The minimum Gasteiger partial charge on any atom is -0.352 e. The minimum absolute atomic E-state index is 0.735. The quantitative estimate of drug-likeness (QED) is 0.768. The number of hydrogen-bond acceptors (Lipinski definition) is 2. The first-order chi connectivity index (χ1) is 8.75.